The van der Waals surface area contributed by atoms with E-state index in [4.69, 9.17) is 9.16 Å². The molecule has 35 heavy (non-hydrogen) atoms. The summed E-state index contributed by atoms with van der Waals surface area (Å²) >= 11 is 0. The molecule has 0 unspecified atom stereocenters. The Morgan fingerprint density at radius 3 is 2.09 bits per heavy atom. The molecule has 0 amide bonds. The molecule has 2 rings (SSSR count). The Morgan fingerprint density at radius 2 is 1.54 bits per heavy atom. The van der Waals surface area contributed by atoms with E-state index in [9.17, 15) is 5.11 Å². The van der Waals surface area contributed by atoms with E-state index in [2.05, 4.69) is 83.8 Å². The van der Waals surface area contributed by atoms with E-state index in [0.29, 0.717) is 6.61 Å². The molecular weight excluding hydrogens is 448 g/mol. The van der Waals surface area contributed by atoms with Crippen LogP contribution in [0.15, 0.2) is 79.4 Å². The van der Waals surface area contributed by atoms with Gasteiger partial charge in [0.2, 0.25) is 0 Å². The molecule has 192 valence electrons. The molecule has 0 aliphatic rings. The van der Waals surface area contributed by atoms with E-state index in [1.54, 1.807) is 0 Å². The second-order valence-corrected chi connectivity index (χ2v) is 16.0. The van der Waals surface area contributed by atoms with Gasteiger partial charge in [0.05, 0.1) is 24.9 Å². The highest BCUT2D eigenvalue weighted by atomic mass is 28.4. The Balaban J connectivity index is 2.13. The van der Waals surface area contributed by atoms with E-state index in [-0.39, 0.29) is 29.1 Å². The normalized spacial score (nSPS) is 17.0. The monoisotopic (exact) mass is 494 g/mol. The first-order valence-electron chi connectivity index (χ1n) is 12.8. The minimum Gasteiger partial charge on any atom is -0.412 e. The van der Waals surface area contributed by atoms with Gasteiger partial charge in [-0.05, 0) is 48.5 Å². The van der Waals surface area contributed by atoms with Crippen molar-refractivity contribution in [3.8, 4) is 0 Å². The first kappa shape index (κ1) is 29.2. The Hall–Kier alpha value is -1.98. The van der Waals surface area contributed by atoms with Crippen LogP contribution in [0.3, 0.4) is 0 Å². The molecule has 4 heteroatoms. The summed E-state index contributed by atoms with van der Waals surface area (Å²) in [6.45, 7) is 19.9. The summed E-state index contributed by atoms with van der Waals surface area (Å²) in [7, 11) is -1.98. The van der Waals surface area contributed by atoms with Crippen molar-refractivity contribution in [1.82, 2.24) is 0 Å². The van der Waals surface area contributed by atoms with Crippen molar-refractivity contribution in [2.75, 3.05) is 0 Å². The molecule has 0 fully saturated rings. The lowest BCUT2D eigenvalue weighted by Crippen LogP contribution is -2.47. The Bertz CT molecular complexity index is 902. The van der Waals surface area contributed by atoms with Crippen LogP contribution < -0.4 is 0 Å². The van der Waals surface area contributed by atoms with Crippen LogP contribution in [0.25, 0.3) is 6.08 Å². The number of ether oxygens (including phenoxy) is 1. The minimum atomic E-state index is -1.98. The number of aliphatic hydroxyl groups is 1. The maximum atomic E-state index is 11.2. The maximum Gasteiger partial charge on any atom is 0.192 e. The van der Waals surface area contributed by atoms with Gasteiger partial charge in [0.15, 0.2) is 8.32 Å². The van der Waals surface area contributed by atoms with Crippen LogP contribution in [0.5, 0.6) is 0 Å². The summed E-state index contributed by atoms with van der Waals surface area (Å²) in [5, 5.41) is 11.3. The van der Waals surface area contributed by atoms with Crippen molar-refractivity contribution >= 4 is 14.4 Å². The second kappa shape index (κ2) is 13.4. The van der Waals surface area contributed by atoms with Gasteiger partial charge in [-0.3, -0.25) is 0 Å². The lowest BCUT2D eigenvalue weighted by Gasteiger charge is -2.40. The summed E-state index contributed by atoms with van der Waals surface area (Å²) in [6, 6.07) is 20.5. The smallest absolute Gasteiger partial charge is 0.192 e. The van der Waals surface area contributed by atoms with Gasteiger partial charge in [-0.15, -0.1) is 6.58 Å². The molecule has 0 heterocycles. The predicted molar refractivity (Wildman–Crippen MR) is 152 cm³/mol. The molecule has 0 radical (unpaired) electrons. The van der Waals surface area contributed by atoms with Gasteiger partial charge < -0.3 is 14.3 Å². The second-order valence-electron chi connectivity index (χ2n) is 11.2. The maximum absolute atomic E-state index is 11.2. The molecule has 2 aromatic rings. The third-order valence-electron chi connectivity index (χ3n) is 7.28. The number of hydrogen-bond donors (Lipinski definition) is 1. The number of benzene rings is 2. The third-order valence-corrected chi connectivity index (χ3v) is 11.9. The molecule has 1 N–H and O–H groups in total. The molecule has 0 bridgehead atoms. The topological polar surface area (TPSA) is 38.7 Å². The zero-order valence-corrected chi connectivity index (χ0v) is 23.8. The van der Waals surface area contributed by atoms with Gasteiger partial charge in [-0.1, -0.05) is 107 Å². The van der Waals surface area contributed by atoms with Gasteiger partial charge in [0.1, 0.15) is 0 Å². The molecule has 5 atom stereocenters. The number of aliphatic hydroxyl groups excluding tert-OH is 1. The molecule has 0 aliphatic heterocycles. The fourth-order valence-corrected chi connectivity index (χ4v) is 5.37. The average Bonchev–Trinajstić information content (AvgIpc) is 2.82. The largest absolute Gasteiger partial charge is 0.412 e. The first-order chi connectivity index (χ1) is 16.4. The van der Waals surface area contributed by atoms with Gasteiger partial charge in [0, 0.05) is 5.92 Å². The van der Waals surface area contributed by atoms with Gasteiger partial charge >= 0.3 is 0 Å². The van der Waals surface area contributed by atoms with Crippen molar-refractivity contribution in [3.63, 3.8) is 0 Å². The van der Waals surface area contributed by atoms with Crippen LogP contribution in [0.2, 0.25) is 18.1 Å². The molecule has 0 spiro atoms. The van der Waals surface area contributed by atoms with E-state index in [1.807, 2.05) is 49.4 Å². The highest BCUT2D eigenvalue weighted by molar-refractivity contribution is 6.74. The number of rotatable bonds is 13. The van der Waals surface area contributed by atoms with E-state index in [0.717, 1.165) is 17.5 Å². The quantitative estimate of drug-likeness (QED) is 0.227. The van der Waals surface area contributed by atoms with Crippen LogP contribution in [0, 0.1) is 11.8 Å². The SMILES string of the molecule is C=C[C@H](C[C@@H](C)[C@H](/C=C/c1ccccc1)OCc1ccccc1)[C@H](O)[C@H](C)O[Si](C)(C)C(C)(C)C. The van der Waals surface area contributed by atoms with E-state index < -0.39 is 14.4 Å². The Kier molecular flexibility index (Phi) is 11.2. The van der Waals surface area contributed by atoms with Crippen LogP contribution in [-0.2, 0) is 15.8 Å². The van der Waals surface area contributed by atoms with Crippen LogP contribution in [0.4, 0.5) is 0 Å². The van der Waals surface area contributed by atoms with Gasteiger partial charge in [0.25, 0.3) is 0 Å². The van der Waals surface area contributed by atoms with Crippen LogP contribution >= 0.6 is 0 Å². The molecule has 0 saturated carbocycles. The standard InChI is InChI=1S/C31H46O3Si/c1-9-28(30(32)25(3)34-35(7,8)31(4,5)6)22-24(2)29(21-20-26-16-12-10-13-17-26)33-23-27-18-14-11-15-19-27/h9-21,24-25,28-30,32H,1,22-23H2,2-8H3/b21-20+/t24-,25+,28-,29+,30-/m1/s1. The highest BCUT2D eigenvalue weighted by Crippen LogP contribution is 2.38. The summed E-state index contributed by atoms with van der Waals surface area (Å²) in [5.41, 5.74) is 2.29. The zero-order valence-electron chi connectivity index (χ0n) is 22.8. The fraction of sp³-hybridized carbons (Fsp3) is 0.484. The molecule has 0 aliphatic carbocycles. The first-order valence-corrected chi connectivity index (χ1v) is 15.7. The molecular formula is C31H46O3Si. The number of hydrogen-bond acceptors (Lipinski definition) is 3. The zero-order chi connectivity index (χ0) is 26.1. The minimum absolute atomic E-state index is 0.0854. The van der Waals surface area contributed by atoms with Crippen LogP contribution in [0.1, 0.15) is 52.2 Å². The van der Waals surface area contributed by atoms with Crippen LogP contribution in [-0.4, -0.2) is 31.7 Å². The molecule has 2 aromatic carbocycles. The average molecular weight is 495 g/mol. The summed E-state index contributed by atoms with van der Waals surface area (Å²) in [4.78, 5) is 0. The molecule has 0 saturated heterocycles. The van der Waals surface area contributed by atoms with E-state index >= 15 is 0 Å². The summed E-state index contributed by atoms with van der Waals surface area (Å²) < 4.78 is 12.9. The van der Waals surface area contributed by atoms with Gasteiger partial charge in [-0.25, -0.2) is 0 Å². The van der Waals surface area contributed by atoms with Gasteiger partial charge in [-0.2, -0.15) is 0 Å². The lowest BCUT2D eigenvalue weighted by molar-refractivity contribution is -0.00880. The Labute approximate surface area is 215 Å². The fourth-order valence-electron chi connectivity index (χ4n) is 3.94. The van der Waals surface area contributed by atoms with Crippen molar-refractivity contribution in [1.29, 1.82) is 0 Å². The third kappa shape index (κ3) is 9.19. The van der Waals surface area contributed by atoms with E-state index in [1.165, 1.54) is 0 Å². The van der Waals surface area contributed by atoms with Crippen molar-refractivity contribution in [2.24, 2.45) is 11.8 Å². The molecule has 0 aromatic heterocycles. The Morgan fingerprint density at radius 1 is 0.971 bits per heavy atom. The lowest BCUT2D eigenvalue weighted by atomic mass is 9.86. The van der Waals surface area contributed by atoms with Crippen molar-refractivity contribution < 1.29 is 14.3 Å². The summed E-state index contributed by atoms with van der Waals surface area (Å²) in [5.74, 6) is 0.0918. The van der Waals surface area contributed by atoms with Crippen molar-refractivity contribution in [3.05, 3.63) is 90.5 Å². The molecule has 3 nitrogen and oxygen atoms in total. The predicted octanol–water partition coefficient (Wildman–Crippen LogP) is 7.88. The summed E-state index contributed by atoms with van der Waals surface area (Å²) in [6.07, 6.45) is 5.93. The van der Waals surface area contributed by atoms with Crippen molar-refractivity contribution in [2.45, 2.75) is 84.1 Å². The highest BCUT2D eigenvalue weighted by Gasteiger charge is 2.40.